The first-order chi connectivity index (χ1) is 9.08. The van der Waals surface area contributed by atoms with Crippen molar-refractivity contribution in [1.82, 2.24) is 4.90 Å². The van der Waals surface area contributed by atoms with E-state index in [-0.39, 0.29) is 6.04 Å². The van der Waals surface area contributed by atoms with E-state index in [9.17, 15) is 14.7 Å². The summed E-state index contributed by atoms with van der Waals surface area (Å²) in [6.07, 6.45) is 2.34. The Bertz CT molecular complexity index is 501. The van der Waals surface area contributed by atoms with Gasteiger partial charge in [-0.3, -0.25) is 4.79 Å². The number of aliphatic carboxylic acids is 1. The zero-order chi connectivity index (χ0) is 14.0. The second-order valence-corrected chi connectivity index (χ2v) is 5.27. The third kappa shape index (κ3) is 2.89. The molecule has 1 fully saturated rings. The normalized spacial score (nSPS) is 15.7. The van der Waals surface area contributed by atoms with Gasteiger partial charge in [0.25, 0.3) is 0 Å². The SMILES string of the molecule is COc1ccc(C(C(=O)O)N(C=O)C2CC2)cc1Br. The Labute approximate surface area is 119 Å². The van der Waals surface area contributed by atoms with E-state index >= 15 is 0 Å². The van der Waals surface area contributed by atoms with Crippen LogP contribution in [0.4, 0.5) is 0 Å². The zero-order valence-electron chi connectivity index (χ0n) is 10.4. The van der Waals surface area contributed by atoms with Crippen molar-refractivity contribution in [2.24, 2.45) is 0 Å². The van der Waals surface area contributed by atoms with Gasteiger partial charge in [-0.1, -0.05) is 6.07 Å². The fourth-order valence-electron chi connectivity index (χ4n) is 2.03. The molecule has 0 heterocycles. The molecule has 1 aliphatic rings. The van der Waals surface area contributed by atoms with Crippen LogP contribution in [0.5, 0.6) is 5.75 Å². The smallest absolute Gasteiger partial charge is 0.331 e. The number of carbonyl (C=O) groups is 2. The minimum Gasteiger partial charge on any atom is -0.496 e. The van der Waals surface area contributed by atoms with Crippen LogP contribution < -0.4 is 4.74 Å². The highest BCUT2D eigenvalue weighted by molar-refractivity contribution is 9.10. The van der Waals surface area contributed by atoms with Crippen molar-refractivity contribution in [3.05, 3.63) is 28.2 Å². The minimum absolute atomic E-state index is 0.0412. The number of halogens is 1. The second kappa shape index (κ2) is 5.61. The zero-order valence-corrected chi connectivity index (χ0v) is 12.0. The molecule has 1 N–H and O–H groups in total. The Balaban J connectivity index is 2.35. The number of carbonyl (C=O) groups excluding carboxylic acids is 1. The summed E-state index contributed by atoms with van der Waals surface area (Å²) in [5, 5.41) is 9.38. The van der Waals surface area contributed by atoms with Gasteiger partial charge in [-0.25, -0.2) is 4.79 Å². The maximum absolute atomic E-state index is 11.5. The molecule has 2 rings (SSSR count). The highest BCUT2D eigenvalue weighted by atomic mass is 79.9. The molecule has 5 nitrogen and oxygen atoms in total. The molecule has 1 aromatic rings. The lowest BCUT2D eigenvalue weighted by molar-refractivity contribution is -0.147. The fraction of sp³-hybridized carbons (Fsp3) is 0.385. The van der Waals surface area contributed by atoms with E-state index in [1.165, 1.54) is 12.0 Å². The van der Waals surface area contributed by atoms with Crippen LogP contribution in [-0.4, -0.2) is 35.5 Å². The van der Waals surface area contributed by atoms with Crippen molar-refractivity contribution >= 4 is 28.3 Å². The van der Waals surface area contributed by atoms with Crippen LogP contribution in [0.15, 0.2) is 22.7 Å². The largest absolute Gasteiger partial charge is 0.496 e. The van der Waals surface area contributed by atoms with E-state index in [0.29, 0.717) is 22.2 Å². The first kappa shape index (κ1) is 13.9. The first-order valence-corrected chi connectivity index (χ1v) is 6.66. The Morgan fingerprint density at radius 3 is 2.68 bits per heavy atom. The third-order valence-electron chi connectivity index (χ3n) is 3.11. The van der Waals surface area contributed by atoms with Crippen LogP contribution in [0.25, 0.3) is 0 Å². The first-order valence-electron chi connectivity index (χ1n) is 5.87. The van der Waals surface area contributed by atoms with Gasteiger partial charge in [0, 0.05) is 6.04 Å². The Kier molecular flexibility index (Phi) is 4.09. The van der Waals surface area contributed by atoms with Crippen molar-refractivity contribution in [2.45, 2.75) is 24.9 Å². The number of methoxy groups -OCH3 is 1. The quantitative estimate of drug-likeness (QED) is 0.813. The average molecular weight is 328 g/mol. The van der Waals surface area contributed by atoms with Crippen LogP contribution >= 0.6 is 15.9 Å². The summed E-state index contributed by atoms with van der Waals surface area (Å²) < 4.78 is 5.78. The van der Waals surface area contributed by atoms with E-state index in [2.05, 4.69) is 15.9 Å². The monoisotopic (exact) mass is 327 g/mol. The van der Waals surface area contributed by atoms with E-state index < -0.39 is 12.0 Å². The second-order valence-electron chi connectivity index (χ2n) is 4.42. The van der Waals surface area contributed by atoms with Gasteiger partial charge in [-0.05, 0) is 46.5 Å². The van der Waals surface area contributed by atoms with E-state index in [0.717, 1.165) is 12.8 Å². The van der Waals surface area contributed by atoms with Crippen LogP contribution in [-0.2, 0) is 9.59 Å². The number of carboxylic acid groups (broad SMARTS) is 1. The number of rotatable bonds is 6. The summed E-state index contributed by atoms with van der Waals surface area (Å²) in [5.74, 6) is -0.409. The van der Waals surface area contributed by atoms with E-state index in [1.54, 1.807) is 18.2 Å². The molecule has 0 radical (unpaired) electrons. The van der Waals surface area contributed by atoms with Crippen LogP contribution in [0.2, 0.25) is 0 Å². The van der Waals surface area contributed by atoms with Crippen LogP contribution in [0.3, 0.4) is 0 Å². The molecule has 1 saturated carbocycles. The molecule has 0 aromatic heterocycles. The summed E-state index contributed by atoms with van der Waals surface area (Å²) in [7, 11) is 1.54. The van der Waals surface area contributed by atoms with Gasteiger partial charge in [-0.2, -0.15) is 0 Å². The minimum atomic E-state index is -1.03. The highest BCUT2D eigenvalue weighted by Crippen LogP contribution is 2.35. The summed E-state index contributed by atoms with van der Waals surface area (Å²) in [5.41, 5.74) is 0.555. The molecule has 1 amide bonds. The van der Waals surface area contributed by atoms with Crippen LogP contribution in [0.1, 0.15) is 24.4 Å². The number of hydrogen-bond acceptors (Lipinski definition) is 3. The Morgan fingerprint density at radius 2 is 2.26 bits per heavy atom. The molecule has 0 saturated heterocycles. The molecule has 0 bridgehead atoms. The van der Waals surface area contributed by atoms with Gasteiger partial charge in [0.2, 0.25) is 6.41 Å². The van der Waals surface area contributed by atoms with Gasteiger partial charge in [0.05, 0.1) is 11.6 Å². The lowest BCUT2D eigenvalue weighted by Gasteiger charge is -2.25. The molecule has 1 unspecified atom stereocenters. The predicted molar refractivity (Wildman–Crippen MR) is 72.0 cm³/mol. The molecular formula is C13H14BrNO4. The summed E-state index contributed by atoms with van der Waals surface area (Å²) in [6, 6.07) is 4.12. The van der Waals surface area contributed by atoms with E-state index in [1.807, 2.05) is 0 Å². The molecule has 0 aliphatic heterocycles. The average Bonchev–Trinajstić information content (AvgIpc) is 3.19. The van der Waals surface area contributed by atoms with Crippen molar-refractivity contribution in [1.29, 1.82) is 0 Å². The topological polar surface area (TPSA) is 66.8 Å². The molecule has 1 aliphatic carbocycles. The molecule has 19 heavy (non-hydrogen) atoms. The number of hydrogen-bond donors (Lipinski definition) is 1. The lowest BCUT2D eigenvalue weighted by Crippen LogP contribution is -2.34. The van der Waals surface area contributed by atoms with Crippen molar-refractivity contribution in [2.75, 3.05) is 7.11 Å². The highest BCUT2D eigenvalue weighted by Gasteiger charge is 2.37. The lowest BCUT2D eigenvalue weighted by atomic mass is 10.1. The van der Waals surface area contributed by atoms with Crippen molar-refractivity contribution in [3.8, 4) is 5.75 Å². The predicted octanol–water partition coefficient (Wildman–Crippen LogP) is 2.20. The molecule has 102 valence electrons. The molecular weight excluding hydrogens is 314 g/mol. The van der Waals surface area contributed by atoms with Gasteiger partial charge in [0.15, 0.2) is 6.04 Å². The number of amides is 1. The molecule has 1 aromatic carbocycles. The van der Waals surface area contributed by atoms with Gasteiger partial charge in [0.1, 0.15) is 5.75 Å². The van der Waals surface area contributed by atoms with Crippen molar-refractivity contribution < 1.29 is 19.4 Å². The van der Waals surface area contributed by atoms with Crippen molar-refractivity contribution in [3.63, 3.8) is 0 Å². The van der Waals surface area contributed by atoms with Gasteiger partial charge in [-0.15, -0.1) is 0 Å². The summed E-state index contributed by atoms with van der Waals surface area (Å²) in [6.45, 7) is 0. The molecule has 6 heteroatoms. The van der Waals surface area contributed by atoms with E-state index in [4.69, 9.17) is 4.74 Å². The maximum atomic E-state index is 11.5. The number of ether oxygens (including phenoxy) is 1. The number of carboxylic acids is 1. The fourth-order valence-corrected chi connectivity index (χ4v) is 2.58. The van der Waals surface area contributed by atoms with Gasteiger partial charge < -0.3 is 14.7 Å². The standard InChI is InChI=1S/C13H14BrNO4/c1-19-11-5-2-8(6-10(11)14)12(13(17)18)15(7-16)9-3-4-9/h2,5-7,9,12H,3-4H2,1H3,(H,17,18). The number of benzene rings is 1. The summed E-state index contributed by atoms with van der Waals surface area (Å²) >= 11 is 3.32. The molecule has 0 spiro atoms. The summed E-state index contributed by atoms with van der Waals surface area (Å²) in [4.78, 5) is 24.0. The van der Waals surface area contributed by atoms with Crippen LogP contribution in [0, 0.1) is 0 Å². The third-order valence-corrected chi connectivity index (χ3v) is 3.73. The van der Waals surface area contributed by atoms with Gasteiger partial charge >= 0.3 is 5.97 Å². The Morgan fingerprint density at radius 1 is 1.58 bits per heavy atom. The molecule has 1 atom stereocenters. The number of nitrogens with zero attached hydrogens (tertiary/aromatic N) is 1. The maximum Gasteiger partial charge on any atom is 0.331 e. The Hall–Kier alpha value is -1.56.